The number of rotatable bonds is 6. The van der Waals surface area contributed by atoms with Gasteiger partial charge in [-0.15, -0.1) is 0 Å². The molecule has 0 fully saturated rings. The third kappa shape index (κ3) is 9.40. The molecule has 2 rings (SSSR count). The van der Waals surface area contributed by atoms with Crippen molar-refractivity contribution in [3.63, 3.8) is 0 Å². The molecule has 0 unspecified atom stereocenters. The number of fused-ring (bicyclic) bond motifs is 2. The van der Waals surface area contributed by atoms with E-state index in [1.807, 2.05) is 0 Å². The quantitative estimate of drug-likeness (QED) is 0.213. The topological polar surface area (TPSA) is 144 Å². The molecule has 10 nitrogen and oxygen atoms in total. The van der Waals surface area contributed by atoms with E-state index in [4.69, 9.17) is 4.74 Å². The molecule has 0 aromatic carbocycles. The zero-order valence-corrected chi connectivity index (χ0v) is 22.7. The molecule has 1 aromatic heterocycles. The zero-order valence-electron chi connectivity index (χ0n) is 21.8. The van der Waals surface area contributed by atoms with Gasteiger partial charge >= 0.3 is 5.97 Å². The molecular weight excluding hydrogens is 515 g/mol. The van der Waals surface area contributed by atoms with Crippen LogP contribution in [0.3, 0.4) is 0 Å². The molecule has 38 heavy (non-hydrogen) atoms. The number of thioether (sulfide) groups is 1. The number of allylic oxidation sites excluding steroid dienone is 2. The van der Waals surface area contributed by atoms with Gasteiger partial charge in [-0.25, -0.2) is 14.2 Å². The second kappa shape index (κ2) is 15.0. The summed E-state index contributed by atoms with van der Waals surface area (Å²) in [5.74, 6) is -3.74. The minimum Gasteiger partial charge on any atom is -0.456 e. The lowest BCUT2D eigenvalue weighted by atomic mass is 10.0. The molecule has 2 bridgehead atoms. The molecule has 3 amide bonds. The van der Waals surface area contributed by atoms with E-state index < -0.39 is 53.3 Å². The van der Waals surface area contributed by atoms with Gasteiger partial charge in [0, 0.05) is 12.2 Å². The van der Waals surface area contributed by atoms with Crippen molar-refractivity contribution in [2.24, 2.45) is 5.92 Å². The molecule has 3 N–H and O–H groups in total. The number of hydrogen-bond acceptors (Lipinski definition) is 8. The highest BCUT2D eigenvalue weighted by molar-refractivity contribution is 8.13. The average Bonchev–Trinajstić information content (AvgIpc) is 2.88. The normalized spacial score (nSPS) is 20.7. The molecular formula is C26H33FN4O6S. The fraction of sp³-hybridized carbons (Fsp3) is 0.462. The largest absolute Gasteiger partial charge is 0.456 e. The van der Waals surface area contributed by atoms with Crippen LogP contribution >= 0.6 is 11.8 Å². The molecule has 206 valence electrons. The van der Waals surface area contributed by atoms with E-state index in [1.54, 1.807) is 32.9 Å². The number of nitrogens with one attached hydrogen (secondary N) is 3. The molecule has 1 aromatic rings. The summed E-state index contributed by atoms with van der Waals surface area (Å²) in [5, 5.41) is 7.56. The van der Waals surface area contributed by atoms with Crippen molar-refractivity contribution in [3.05, 3.63) is 53.3 Å². The Morgan fingerprint density at radius 2 is 1.97 bits per heavy atom. The van der Waals surface area contributed by atoms with Crippen LogP contribution in [0, 0.1) is 11.7 Å². The fourth-order valence-corrected chi connectivity index (χ4v) is 3.99. The van der Waals surface area contributed by atoms with Crippen LogP contribution in [0.1, 0.15) is 63.1 Å². The number of halogens is 1. The van der Waals surface area contributed by atoms with E-state index in [0.717, 1.165) is 6.07 Å². The summed E-state index contributed by atoms with van der Waals surface area (Å²) in [7, 11) is 0. The third-order valence-electron chi connectivity index (χ3n) is 5.42. The van der Waals surface area contributed by atoms with Crippen LogP contribution in [0.5, 0.6) is 0 Å². The molecule has 0 aliphatic carbocycles. The Morgan fingerprint density at radius 3 is 2.63 bits per heavy atom. The Kier molecular flexibility index (Phi) is 12.1. The van der Waals surface area contributed by atoms with Crippen molar-refractivity contribution >= 4 is 40.6 Å². The summed E-state index contributed by atoms with van der Waals surface area (Å²) < 4.78 is 19.9. The Bertz CT molecular complexity index is 1120. The van der Waals surface area contributed by atoms with Gasteiger partial charge in [0.15, 0.2) is 16.6 Å². The van der Waals surface area contributed by atoms with Gasteiger partial charge < -0.3 is 20.7 Å². The third-order valence-corrected chi connectivity index (χ3v) is 6.47. The van der Waals surface area contributed by atoms with Crippen LogP contribution in [0.15, 0.2) is 36.1 Å². The summed E-state index contributed by atoms with van der Waals surface area (Å²) in [6, 6.07) is 1.27. The van der Waals surface area contributed by atoms with E-state index >= 15 is 0 Å². The number of cyclic esters (lactones) is 1. The van der Waals surface area contributed by atoms with E-state index in [-0.39, 0.29) is 29.5 Å². The molecule has 0 spiro atoms. The maximum absolute atomic E-state index is 14.3. The Balaban J connectivity index is 2.35. The SMILES string of the molecule is C/C=C1\NC(=O)c2nc(ccc2F)CNC(=O)C[C@@H](/C=C/CCSC(=O)CC)OC(=O)[C@H](C(C)C)NC1=O. The number of ether oxygens (including phenoxy) is 1. The first-order chi connectivity index (χ1) is 18.0. The van der Waals surface area contributed by atoms with Crippen molar-refractivity contribution < 1.29 is 33.1 Å². The first-order valence-corrected chi connectivity index (χ1v) is 13.3. The van der Waals surface area contributed by atoms with Crippen molar-refractivity contribution in [1.29, 1.82) is 0 Å². The van der Waals surface area contributed by atoms with Gasteiger partial charge in [-0.1, -0.05) is 44.7 Å². The summed E-state index contributed by atoms with van der Waals surface area (Å²) >= 11 is 1.20. The highest BCUT2D eigenvalue weighted by Crippen LogP contribution is 2.13. The van der Waals surface area contributed by atoms with Gasteiger partial charge in [0.1, 0.15) is 17.8 Å². The maximum Gasteiger partial charge on any atom is 0.329 e. The van der Waals surface area contributed by atoms with Crippen molar-refractivity contribution in [2.45, 2.75) is 65.6 Å². The predicted molar refractivity (Wildman–Crippen MR) is 140 cm³/mol. The van der Waals surface area contributed by atoms with Gasteiger partial charge in [-0.3, -0.25) is 19.2 Å². The predicted octanol–water partition coefficient (Wildman–Crippen LogP) is 2.54. The maximum atomic E-state index is 14.3. The standard InChI is InChI=1S/C26H33FN4O6S/c1-5-19-24(34)31-22(15(3)4)26(36)37-17(9-7-8-12-38-21(33)6-2)13-20(32)28-14-16-10-11-18(27)23(29-16)25(35)30-19/h5,7,9-11,15,17,22H,6,8,12-14H2,1-4H3,(H,28,32)(H,30,35)(H,31,34)/b9-7+,19-5-/t17-,22+/m1/s1. The molecule has 2 atom stereocenters. The molecule has 12 heteroatoms. The van der Waals surface area contributed by atoms with Gasteiger partial charge in [0.2, 0.25) is 5.91 Å². The number of carbonyl (C=O) groups is 5. The molecule has 0 saturated heterocycles. The summed E-state index contributed by atoms with van der Waals surface area (Å²) in [5.41, 5.74) is -0.530. The highest BCUT2D eigenvalue weighted by atomic mass is 32.2. The van der Waals surface area contributed by atoms with Crippen molar-refractivity contribution in [2.75, 3.05) is 5.75 Å². The minimum atomic E-state index is -1.10. The summed E-state index contributed by atoms with van der Waals surface area (Å²) in [4.78, 5) is 66.7. The molecule has 0 saturated carbocycles. The number of amides is 3. The highest BCUT2D eigenvalue weighted by Gasteiger charge is 2.30. The Hall–Kier alpha value is -3.54. The second-order valence-corrected chi connectivity index (χ2v) is 9.88. The zero-order chi connectivity index (χ0) is 28.2. The number of nitrogens with zero attached hydrogens (tertiary/aromatic N) is 1. The Labute approximate surface area is 225 Å². The van der Waals surface area contributed by atoms with Crippen molar-refractivity contribution in [3.8, 4) is 0 Å². The molecule has 1 aliphatic heterocycles. The summed E-state index contributed by atoms with van der Waals surface area (Å²) in [6.45, 7) is 6.57. The fourth-order valence-electron chi connectivity index (χ4n) is 3.30. The molecule has 0 radical (unpaired) electrons. The van der Waals surface area contributed by atoms with E-state index in [2.05, 4.69) is 20.9 Å². The number of carbonyl (C=O) groups excluding carboxylic acids is 5. The van der Waals surface area contributed by atoms with Gasteiger partial charge in [-0.2, -0.15) is 0 Å². The Morgan fingerprint density at radius 1 is 1.24 bits per heavy atom. The number of aromatic nitrogens is 1. The van der Waals surface area contributed by atoms with Crippen LogP contribution in [0.2, 0.25) is 0 Å². The lowest BCUT2D eigenvalue weighted by molar-refractivity contribution is -0.153. The van der Waals surface area contributed by atoms with E-state index in [0.29, 0.717) is 18.6 Å². The van der Waals surface area contributed by atoms with E-state index in [1.165, 1.54) is 30.8 Å². The van der Waals surface area contributed by atoms with Crippen LogP contribution in [0.25, 0.3) is 0 Å². The number of pyridine rings is 1. The second-order valence-electron chi connectivity index (χ2n) is 8.73. The first-order valence-electron chi connectivity index (χ1n) is 12.3. The smallest absolute Gasteiger partial charge is 0.329 e. The van der Waals surface area contributed by atoms with Crippen LogP contribution in [-0.4, -0.2) is 51.7 Å². The van der Waals surface area contributed by atoms with Gasteiger partial charge in [-0.05, 0) is 37.5 Å². The average molecular weight is 549 g/mol. The molecule has 1 aliphatic rings. The number of hydrogen-bond donors (Lipinski definition) is 3. The van der Waals surface area contributed by atoms with Crippen molar-refractivity contribution in [1.82, 2.24) is 20.9 Å². The lowest BCUT2D eigenvalue weighted by Gasteiger charge is -2.24. The molecule has 2 heterocycles. The van der Waals surface area contributed by atoms with Crippen LogP contribution < -0.4 is 16.0 Å². The van der Waals surface area contributed by atoms with Crippen LogP contribution in [-0.2, 0) is 30.5 Å². The first kappa shape index (κ1) is 30.7. The lowest BCUT2D eigenvalue weighted by Crippen LogP contribution is -2.48. The van der Waals surface area contributed by atoms with Gasteiger partial charge in [0.05, 0.1) is 18.7 Å². The summed E-state index contributed by atoms with van der Waals surface area (Å²) in [6.07, 6.45) is 4.39. The minimum absolute atomic E-state index is 0.0682. The van der Waals surface area contributed by atoms with Gasteiger partial charge in [0.25, 0.3) is 11.8 Å². The monoisotopic (exact) mass is 548 g/mol. The number of esters is 1. The van der Waals surface area contributed by atoms with Crippen LogP contribution in [0.4, 0.5) is 4.39 Å². The van der Waals surface area contributed by atoms with E-state index in [9.17, 15) is 28.4 Å².